The molecule has 0 spiro atoms. The van der Waals surface area contributed by atoms with Gasteiger partial charge in [0.15, 0.2) is 0 Å². The molecule has 0 radical (unpaired) electrons. The molecule has 2 nitrogen and oxygen atoms in total. The van der Waals surface area contributed by atoms with Gasteiger partial charge in [0.25, 0.3) is 0 Å². The Hall–Kier alpha value is -1.19. The van der Waals surface area contributed by atoms with Crippen LogP contribution in [0, 0.1) is 6.92 Å². The van der Waals surface area contributed by atoms with E-state index in [1.807, 2.05) is 13.0 Å². The molecule has 1 aromatic carbocycles. The number of nitrogens with zero attached hydrogens (tertiary/aromatic N) is 1. The first-order valence-corrected chi connectivity index (χ1v) is 7.91. The summed E-state index contributed by atoms with van der Waals surface area (Å²) < 4.78 is 1.18. The summed E-state index contributed by atoms with van der Waals surface area (Å²) in [5.74, 6) is 0.704. The van der Waals surface area contributed by atoms with Crippen LogP contribution in [0.15, 0.2) is 46.9 Å². The molecule has 3 heteroatoms. The molecule has 0 aliphatic heterocycles. The normalized spacial score (nSPS) is 21.5. The van der Waals surface area contributed by atoms with Crippen molar-refractivity contribution in [3.05, 3.63) is 63.9 Å². The third-order valence-corrected chi connectivity index (χ3v) is 4.47. The topological polar surface area (TPSA) is 24.9 Å². The zero-order valence-corrected chi connectivity index (χ0v) is 13.2. The van der Waals surface area contributed by atoms with E-state index in [-0.39, 0.29) is 0 Å². The Morgan fingerprint density at radius 2 is 2.00 bits per heavy atom. The van der Waals surface area contributed by atoms with Gasteiger partial charge in [-0.2, -0.15) is 0 Å². The molecule has 0 unspecified atom stereocenters. The van der Waals surface area contributed by atoms with Crippen molar-refractivity contribution in [2.45, 2.75) is 38.3 Å². The van der Waals surface area contributed by atoms with Crippen molar-refractivity contribution in [2.75, 3.05) is 0 Å². The second kappa shape index (κ2) is 6.06. The number of nitrogens with one attached hydrogen (secondary N) is 1. The molecule has 0 atom stereocenters. The summed E-state index contributed by atoms with van der Waals surface area (Å²) in [5, 5.41) is 3.60. The van der Waals surface area contributed by atoms with E-state index in [1.54, 1.807) is 0 Å². The number of rotatable bonds is 4. The lowest BCUT2D eigenvalue weighted by molar-refractivity contribution is 0.288. The van der Waals surface area contributed by atoms with Gasteiger partial charge < -0.3 is 5.32 Å². The molecule has 0 bridgehead atoms. The molecular weight excluding hydrogens is 312 g/mol. The smallest absolute Gasteiger partial charge is 0.0544 e. The van der Waals surface area contributed by atoms with Crippen molar-refractivity contribution in [1.29, 1.82) is 0 Å². The van der Waals surface area contributed by atoms with Gasteiger partial charge >= 0.3 is 0 Å². The fourth-order valence-corrected chi connectivity index (χ4v) is 3.18. The molecule has 1 heterocycles. The Kier molecular flexibility index (Phi) is 4.18. The van der Waals surface area contributed by atoms with Gasteiger partial charge in [0.2, 0.25) is 0 Å². The van der Waals surface area contributed by atoms with Crippen molar-refractivity contribution >= 4 is 15.9 Å². The van der Waals surface area contributed by atoms with Crippen molar-refractivity contribution < 1.29 is 0 Å². The van der Waals surface area contributed by atoms with Crippen LogP contribution in [0.5, 0.6) is 0 Å². The van der Waals surface area contributed by atoms with Crippen LogP contribution in [0.4, 0.5) is 0 Å². The maximum atomic E-state index is 4.52. The number of aromatic nitrogens is 1. The van der Waals surface area contributed by atoms with E-state index in [4.69, 9.17) is 0 Å². The molecule has 1 fully saturated rings. The maximum absolute atomic E-state index is 4.52. The van der Waals surface area contributed by atoms with E-state index in [9.17, 15) is 0 Å². The van der Waals surface area contributed by atoms with E-state index in [2.05, 4.69) is 62.6 Å². The number of benzene rings is 1. The molecule has 0 saturated heterocycles. The molecule has 1 aliphatic carbocycles. The van der Waals surface area contributed by atoms with Crippen LogP contribution in [0.25, 0.3) is 0 Å². The Morgan fingerprint density at radius 1 is 1.20 bits per heavy atom. The lowest BCUT2D eigenvalue weighted by atomic mass is 9.76. The van der Waals surface area contributed by atoms with Gasteiger partial charge in [-0.15, -0.1) is 0 Å². The third-order valence-electron chi connectivity index (χ3n) is 3.98. The molecule has 1 aliphatic rings. The molecule has 20 heavy (non-hydrogen) atoms. The number of hydrogen-bond donors (Lipinski definition) is 1. The van der Waals surface area contributed by atoms with Gasteiger partial charge in [-0.25, -0.2) is 0 Å². The highest BCUT2D eigenvalue weighted by Gasteiger charge is 2.29. The quantitative estimate of drug-likeness (QED) is 0.909. The molecule has 3 rings (SSSR count). The van der Waals surface area contributed by atoms with E-state index in [0.717, 1.165) is 17.9 Å². The van der Waals surface area contributed by atoms with Gasteiger partial charge in [0, 0.05) is 22.8 Å². The van der Waals surface area contributed by atoms with Gasteiger partial charge in [-0.05, 0) is 55.5 Å². The number of pyridine rings is 1. The minimum atomic E-state index is 0.626. The van der Waals surface area contributed by atoms with Gasteiger partial charge in [0.1, 0.15) is 0 Å². The summed E-state index contributed by atoms with van der Waals surface area (Å²) in [6.45, 7) is 2.91. The van der Waals surface area contributed by atoms with Gasteiger partial charge in [-0.1, -0.05) is 34.1 Å². The van der Waals surface area contributed by atoms with E-state index >= 15 is 0 Å². The van der Waals surface area contributed by atoms with Crippen molar-refractivity contribution in [1.82, 2.24) is 10.3 Å². The zero-order chi connectivity index (χ0) is 13.9. The fourth-order valence-electron chi connectivity index (χ4n) is 2.76. The predicted molar refractivity (Wildman–Crippen MR) is 85.7 cm³/mol. The molecule has 1 aromatic heterocycles. The molecule has 0 amide bonds. The summed E-state index contributed by atoms with van der Waals surface area (Å²) in [6, 6.07) is 15.5. The summed E-state index contributed by atoms with van der Waals surface area (Å²) in [4.78, 5) is 4.52. The molecule has 2 aromatic rings. The number of halogens is 1. The summed E-state index contributed by atoms with van der Waals surface area (Å²) in [5.41, 5.74) is 3.67. The van der Waals surface area contributed by atoms with Crippen LogP contribution >= 0.6 is 15.9 Å². The van der Waals surface area contributed by atoms with Crippen LogP contribution in [-0.2, 0) is 6.54 Å². The summed E-state index contributed by atoms with van der Waals surface area (Å²) >= 11 is 3.54. The predicted octanol–water partition coefficient (Wildman–Crippen LogP) is 4.19. The van der Waals surface area contributed by atoms with Crippen molar-refractivity contribution in [3.8, 4) is 0 Å². The van der Waals surface area contributed by atoms with E-state index in [1.165, 1.54) is 22.9 Å². The highest BCUT2D eigenvalue weighted by molar-refractivity contribution is 9.10. The SMILES string of the molecule is Cc1cccc(CNC2CC(c3cccc(Br)c3)C2)n1. The standard InChI is InChI=1S/C17H19BrN2/c1-12-4-2-7-16(20-12)11-19-17-9-14(10-17)13-5-3-6-15(18)8-13/h2-8,14,17,19H,9-11H2,1H3. The number of hydrogen-bond acceptors (Lipinski definition) is 2. The first-order chi connectivity index (χ1) is 9.70. The first kappa shape index (κ1) is 13.8. The Bertz CT molecular complexity index is 588. The lowest BCUT2D eigenvalue weighted by Crippen LogP contribution is -2.39. The second-order valence-electron chi connectivity index (χ2n) is 5.57. The van der Waals surface area contributed by atoms with Gasteiger partial charge in [-0.3, -0.25) is 4.98 Å². The van der Waals surface area contributed by atoms with Crippen LogP contribution in [0.2, 0.25) is 0 Å². The van der Waals surface area contributed by atoms with Crippen LogP contribution in [0.3, 0.4) is 0 Å². The molecule has 1 N–H and O–H groups in total. The van der Waals surface area contributed by atoms with E-state index < -0.39 is 0 Å². The number of aryl methyl sites for hydroxylation is 1. The highest BCUT2D eigenvalue weighted by Crippen LogP contribution is 2.37. The Labute approximate surface area is 128 Å². The Balaban J connectivity index is 1.49. The van der Waals surface area contributed by atoms with E-state index in [0.29, 0.717) is 12.0 Å². The molecule has 104 valence electrons. The molecule has 1 saturated carbocycles. The first-order valence-electron chi connectivity index (χ1n) is 7.12. The lowest BCUT2D eigenvalue weighted by Gasteiger charge is -2.36. The third kappa shape index (κ3) is 3.28. The van der Waals surface area contributed by atoms with Crippen LogP contribution in [0.1, 0.15) is 35.7 Å². The fraction of sp³-hybridized carbons (Fsp3) is 0.353. The minimum Gasteiger partial charge on any atom is -0.308 e. The maximum Gasteiger partial charge on any atom is 0.0544 e. The monoisotopic (exact) mass is 330 g/mol. The second-order valence-corrected chi connectivity index (χ2v) is 6.49. The minimum absolute atomic E-state index is 0.626. The van der Waals surface area contributed by atoms with Crippen molar-refractivity contribution in [3.63, 3.8) is 0 Å². The average Bonchev–Trinajstić information content (AvgIpc) is 2.37. The largest absolute Gasteiger partial charge is 0.308 e. The summed E-state index contributed by atoms with van der Waals surface area (Å²) in [6.07, 6.45) is 2.45. The van der Waals surface area contributed by atoms with Crippen LogP contribution < -0.4 is 5.32 Å². The average molecular weight is 331 g/mol. The van der Waals surface area contributed by atoms with Crippen molar-refractivity contribution in [2.24, 2.45) is 0 Å². The molecular formula is C17H19BrN2. The highest BCUT2D eigenvalue weighted by atomic mass is 79.9. The van der Waals surface area contributed by atoms with Gasteiger partial charge in [0.05, 0.1) is 5.69 Å². The Morgan fingerprint density at radius 3 is 2.75 bits per heavy atom. The van der Waals surface area contributed by atoms with Crippen LogP contribution in [-0.4, -0.2) is 11.0 Å². The zero-order valence-electron chi connectivity index (χ0n) is 11.6. The summed E-state index contributed by atoms with van der Waals surface area (Å²) in [7, 11) is 0.